The van der Waals surface area contributed by atoms with E-state index in [1.54, 1.807) is 111 Å². The minimum atomic E-state index is -4.61. The number of para-hydroxylation sites is 2. The predicted octanol–water partition coefficient (Wildman–Crippen LogP) is 6.34. The van der Waals surface area contributed by atoms with Gasteiger partial charge in [0.2, 0.25) is 11.8 Å². The normalized spacial score (nSPS) is 16.2. The summed E-state index contributed by atoms with van der Waals surface area (Å²) in [5.41, 5.74) is 0.465. The first-order valence-electron chi connectivity index (χ1n) is 20.7. The zero-order valence-corrected chi connectivity index (χ0v) is 37.5. The number of ether oxygens (including phenoxy) is 7. The number of hydrazone groups is 1. The molecule has 18 nitrogen and oxygen atoms in total. The third-order valence-electron chi connectivity index (χ3n) is 12.5. The Labute approximate surface area is 367 Å². The Bertz CT molecular complexity index is 2520. The van der Waals surface area contributed by atoms with Crippen molar-refractivity contribution in [2.75, 3.05) is 65.8 Å². The number of sulfonamides is 1. The van der Waals surface area contributed by atoms with Gasteiger partial charge in [0.25, 0.3) is 16.0 Å². The van der Waals surface area contributed by atoms with Crippen LogP contribution in [0.5, 0.6) is 34.8 Å². The van der Waals surface area contributed by atoms with Crippen molar-refractivity contribution in [2.24, 2.45) is 16.9 Å². The number of pyridine rings is 2. The van der Waals surface area contributed by atoms with E-state index in [1.807, 2.05) is 0 Å². The number of aromatic nitrogens is 5. The number of rotatable bonds is 18. The lowest BCUT2D eigenvalue weighted by Crippen LogP contribution is -2.64. The largest absolute Gasteiger partial charge is 0.494 e. The van der Waals surface area contributed by atoms with Crippen LogP contribution >= 0.6 is 0 Å². The molecule has 5 aromatic rings. The summed E-state index contributed by atoms with van der Waals surface area (Å²) in [6.45, 7) is 1.54. The summed E-state index contributed by atoms with van der Waals surface area (Å²) in [6.07, 6.45) is 5.36. The molecule has 4 heterocycles. The van der Waals surface area contributed by atoms with Gasteiger partial charge in [0.1, 0.15) is 57.7 Å². The average Bonchev–Trinajstić information content (AvgIpc) is 3.91. The molecule has 3 aliphatic rings. The van der Waals surface area contributed by atoms with Crippen molar-refractivity contribution in [3.05, 3.63) is 78.5 Å². The SMILES string of the molecule is COc1cccc(C2=NN(N(c3nnc(-c4cccc(OC)n4)n3-c3c(OC)cccc3OC)S(=O)(=O)[C@H](C)C(OC)(C3CCC3)C3CCC3)CN2c2c(OC)cccc2OC)n1. The van der Waals surface area contributed by atoms with Gasteiger partial charge < -0.3 is 33.2 Å². The molecule has 63 heavy (non-hydrogen) atoms. The van der Waals surface area contributed by atoms with Crippen molar-refractivity contribution in [3.63, 3.8) is 0 Å². The molecule has 0 saturated heterocycles. The fourth-order valence-corrected chi connectivity index (χ4v) is 11.0. The van der Waals surface area contributed by atoms with E-state index in [0.29, 0.717) is 57.5 Å². The van der Waals surface area contributed by atoms with Crippen molar-refractivity contribution in [2.45, 2.75) is 56.3 Å². The van der Waals surface area contributed by atoms with Gasteiger partial charge in [0.15, 0.2) is 11.7 Å². The number of benzene rings is 2. The second kappa shape index (κ2) is 17.8. The van der Waals surface area contributed by atoms with Crippen LogP contribution in [0.4, 0.5) is 11.6 Å². The van der Waals surface area contributed by atoms with Gasteiger partial charge in [-0.15, -0.1) is 19.7 Å². The number of hydrogen-bond donors (Lipinski definition) is 0. The van der Waals surface area contributed by atoms with Gasteiger partial charge in [0, 0.05) is 19.2 Å². The summed E-state index contributed by atoms with van der Waals surface area (Å²) in [5.74, 6) is 2.47. The van der Waals surface area contributed by atoms with Crippen LogP contribution in [0.15, 0.2) is 77.9 Å². The van der Waals surface area contributed by atoms with Crippen molar-refractivity contribution in [1.82, 2.24) is 29.9 Å². The fraction of sp³-hybridized carbons (Fsp3) is 0.432. The van der Waals surface area contributed by atoms with E-state index in [2.05, 4.69) is 5.10 Å². The minimum absolute atomic E-state index is 0.0103. The van der Waals surface area contributed by atoms with Crippen LogP contribution in [-0.4, -0.2) is 111 Å². The Morgan fingerprint density at radius 2 is 1.14 bits per heavy atom. The highest BCUT2D eigenvalue weighted by Gasteiger charge is 2.59. The van der Waals surface area contributed by atoms with Crippen molar-refractivity contribution < 1.29 is 41.6 Å². The topological polar surface area (TPSA) is 177 Å². The maximum absolute atomic E-state index is 16.3. The van der Waals surface area contributed by atoms with E-state index in [0.717, 1.165) is 42.9 Å². The van der Waals surface area contributed by atoms with Gasteiger partial charge in [-0.05, 0) is 80.8 Å². The molecule has 1 atom stereocenters. The molecule has 3 aromatic heterocycles. The Kier molecular flexibility index (Phi) is 12.2. The highest BCUT2D eigenvalue weighted by atomic mass is 32.2. The van der Waals surface area contributed by atoms with Gasteiger partial charge in [0.05, 0.1) is 48.3 Å². The monoisotopic (exact) mass is 883 g/mol. The molecule has 2 saturated carbocycles. The maximum atomic E-state index is 16.3. The van der Waals surface area contributed by atoms with Gasteiger partial charge >= 0.3 is 0 Å². The van der Waals surface area contributed by atoms with E-state index >= 15 is 8.42 Å². The van der Waals surface area contributed by atoms with Gasteiger partial charge in [-0.1, -0.05) is 37.1 Å². The van der Waals surface area contributed by atoms with Gasteiger partial charge in [-0.25, -0.2) is 18.4 Å². The van der Waals surface area contributed by atoms with Crippen LogP contribution in [0, 0.1) is 11.8 Å². The van der Waals surface area contributed by atoms with Crippen LogP contribution in [0.25, 0.3) is 17.2 Å². The van der Waals surface area contributed by atoms with Gasteiger partial charge in [-0.3, -0.25) is 9.47 Å². The summed E-state index contributed by atoms with van der Waals surface area (Å²) >= 11 is 0. The molecule has 0 amide bonds. The average molecular weight is 884 g/mol. The number of hydrogen-bond acceptors (Lipinski definition) is 16. The second-order valence-corrected chi connectivity index (χ2v) is 17.5. The first kappa shape index (κ1) is 43.3. The Hall–Kier alpha value is -6.34. The molecule has 0 unspecified atom stereocenters. The molecular weight excluding hydrogens is 831 g/mol. The zero-order chi connectivity index (χ0) is 44.5. The molecule has 2 aliphatic carbocycles. The number of hydrazine groups is 1. The number of methoxy groups -OCH3 is 7. The molecule has 19 heteroatoms. The Morgan fingerprint density at radius 3 is 1.62 bits per heavy atom. The molecule has 8 rings (SSSR count). The van der Waals surface area contributed by atoms with Crippen LogP contribution in [0.3, 0.4) is 0 Å². The number of anilines is 2. The van der Waals surface area contributed by atoms with Gasteiger partial charge in [-0.2, -0.15) is 5.12 Å². The molecule has 334 valence electrons. The first-order valence-corrected chi connectivity index (χ1v) is 22.2. The third-order valence-corrected chi connectivity index (χ3v) is 14.6. The zero-order valence-electron chi connectivity index (χ0n) is 36.7. The highest BCUT2D eigenvalue weighted by Crippen LogP contribution is 2.53. The Balaban J connectivity index is 1.44. The summed E-state index contributed by atoms with van der Waals surface area (Å²) in [7, 11) is 6.19. The molecule has 1 aliphatic heterocycles. The maximum Gasteiger partial charge on any atom is 0.267 e. The van der Waals surface area contributed by atoms with Crippen molar-refractivity contribution in [3.8, 4) is 52.0 Å². The van der Waals surface area contributed by atoms with Crippen LogP contribution in [0.2, 0.25) is 0 Å². The van der Waals surface area contributed by atoms with Crippen LogP contribution in [-0.2, 0) is 14.8 Å². The Morgan fingerprint density at radius 1 is 0.651 bits per heavy atom. The predicted molar refractivity (Wildman–Crippen MR) is 236 cm³/mol. The summed E-state index contributed by atoms with van der Waals surface area (Å²) in [5, 5.41) is 14.8. The summed E-state index contributed by atoms with van der Waals surface area (Å²) in [4.78, 5) is 11.2. The number of nitrogens with zero attached hydrogens (tertiary/aromatic N) is 9. The lowest BCUT2D eigenvalue weighted by molar-refractivity contribution is -0.143. The molecule has 2 aromatic carbocycles. The highest BCUT2D eigenvalue weighted by molar-refractivity contribution is 7.93. The van der Waals surface area contributed by atoms with Crippen molar-refractivity contribution >= 4 is 27.5 Å². The van der Waals surface area contributed by atoms with Crippen molar-refractivity contribution in [1.29, 1.82) is 0 Å². The van der Waals surface area contributed by atoms with E-state index in [9.17, 15) is 0 Å². The molecule has 0 N–H and O–H groups in total. The first-order chi connectivity index (χ1) is 30.6. The van der Waals surface area contributed by atoms with E-state index in [4.69, 9.17) is 53.3 Å². The fourth-order valence-electron chi connectivity index (χ4n) is 9.03. The van der Waals surface area contributed by atoms with E-state index in [-0.39, 0.29) is 36.1 Å². The quantitative estimate of drug-likeness (QED) is 0.0952. The summed E-state index contributed by atoms with van der Waals surface area (Å²) in [6, 6.07) is 21.1. The van der Waals surface area contributed by atoms with Crippen LogP contribution < -0.4 is 37.7 Å². The lowest BCUT2D eigenvalue weighted by Gasteiger charge is -2.55. The standard InChI is InChI=1S/C44H53N9O9S/c1-28(44(62-8,29-15-9-16-29)30-17-10-18-30)63(54,55)53(43-48-47-41(31-19-11-25-37(45-31)60-6)52(43)40-35(58-4)23-14-24-36(40)59-5)51-27-50(39-33(56-2)21-13-22-34(39)57-3)42(49-51)32-20-12-26-38(46-32)61-7/h11-14,19-26,28-30H,9-10,15-18,27H2,1-8H3/t28-/m1/s1. The van der Waals surface area contributed by atoms with E-state index in [1.165, 1.54) is 33.6 Å². The molecule has 0 bridgehead atoms. The summed E-state index contributed by atoms with van der Waals surface area (Å²) < 4.78 is 76.7. The smallest absolute Gasteiger partial charge is 0.267 e. The molecule has 0 spiro atoms. The number of amidine groups is 1. The molecule has 2 fully saturated rings. The van der Waals surface area contributed by atoms with E-state index < -0.39 is 20.9 Å². The molecular formula is C44H53N9O9S. The minimum Gasteiger partial charge on any atom is -0.494 e. The second-order valence-electron chi connectivity index (χ2n) is 15.4. The molecule has 0 radical (unpaired) electrons. The van der Waals surface area contributed by atoms with Crippen LogP contribution in [0.1, 0.15) is 51.1 Å². The third kappa shape index (κ3) is 7.35. The lowest BCUT2D eigenvalue weighted by atomic mass is 9.60.